The first-order valence-electron chi connectivity index (χ1n) is 12.9. The average Bonchev–Trinajstić information content (AvgIpc) is 3.17. The van der Waals surface area contributed by atoms with Gasteiger partial charge in [0.25, 0.3) is 0 Å². The molecular formula is C29H45N3O3Si. The van der Waals surface area contributed by atoms with Crippen LogP contribution in [0.1, 0.15) is 58.0 Å². The molecule has 1 N–H and O–H groups in total. The largest absolute Gasteiger partial charge is 0.497 e. The summed E-state index contributed by atoms with van der Waals surface area (Å²) in [7, 11) is 1.26. The minimum absolute atomic E-state index is 0.0434. The molecule has 7 heteroatoms. The molecule has 2 heterocycles. The third-order valence-corrected chi connectivity index (χ3v) is 11.7. The molecule has 0 unspecified atom stereocenters. The van der Waals surface area contributed by atoms with Gasteiger partial charge >= 0.3 is 0 Å². The molecule has 3 aromatic rings. The predicted molar refractivity (Wildman–Crippen MR) is 151 cm³/mol. The van der Waals surface area contributed by atoms with E-state index in [1.54, 1.807) is 14.2 Å². The lowest BCUT2D eigenvalue weighted by molar-refractivity contribution is 0.265. The fourth-order valence-electron chi connectivity index (χ4n) is 4.21. The maximum atomic E-state index is 6.83. The van der Waals surface area contributed by atoms with Crippen molar-refractivity contribution in [1.29, 1.82) is 0 Å². The van der Waals surface area contributed by atoms with Crippen molar-refractivity contribution >= 4 is 14.0 Å². The van der Waals surface area contributed by atoms with Crippen LogP contribution in [0.4, 0.5) is 0 Å². The molecular weight excluding hydrogens is 466 g/mol. The molecule has 0 aliphatic rings. The number of ether oxygens (including phenoxy) is 2. The van der Waals surface area contributed by atoms with Gasteiger partial charge in [-0.2, -0.15) is 0 Å². The van der Waals surface area contributed by atoms with Crippen LogP contribution in [-0.2, 0) is 24.0 Å². The van der Waals surface area contributed by atoms with Crippen LogP contribution in [0.3, 0.4) is 0 Å². The Kier molecular flexibility index (Phi) is 8.91. The number of benzene rings is 1. The van der Waals surface area contributed by atoms with Gasteiger partial charge in [-0.3, -0.25) is 0 Å². The summed E-state index contributed by atoms with van der Waals surface area (Å²) in [6.45, 7) is 18.3. The summed E-state index contributed by atoms with van der Waals surface area (Å²) < 4.78 is 20.1. The van der Waals surface area contributed by atoms with Crippen LogP contribution >= 0.6 is 0 Å². The zero-order valence-corrected chi connectivity index (χ0v) is 24.7. The lowest BCUT2D eigenvalue weighted by atomic mass is 9.92. The van der Waals surface area contributed by atoms with Gasteiger partial charge in [0.1, 0.15) is 17.1 Å². The van der Waals surface area contributed by atoms with Gasteiger partial charge in [-0.1, -0.05) is 40.7 Å². The summed E-state index contributed by atoms with van der Waals surface area (Å²) in [5.74, 6) is 1.73. The van der Waals surface area contributed by atoms with E-state index in [2.05, 4.69) is 81.8 Å². The maximum Gasteiger partial charge on any atom is 0.193 e. The fourth-order valence-corrected chi connectivity index (χ4v) is 5.72. The standard InChI is InChI=1S/C29H45N3O3Si/c1-28(2,3)15-16-30-20-24-25(32-17-11-10-12-27(32)31-24)21-35-36(8,9)29(4,5)19-22-18-23(33-6)13-14-26(22)34-7/h10-14,17-18,30H,15-16,19-21H2,1-9H3. The highest BCUT2D eigenvalue weighted by Gasteiger charge is 2.42. The minimum atomic E-state index is -2.16. The van der Waals surface area contributed by atoms with Crippen molar-refractivity contribution in [2.45, 2.75) is 78.7 Å². The van der Waals surface area contributed by atoms with Crippen LogP contribution in [0.25, 0.3) is 5.65 Å². The number of nitrogens with zero attached hydrogens (tertiary/aromatic N) is 2. The van der Waals surface area contributed by atoms with E-state index < -0.39 is 8.32 Å². The summed E-state index contributed by atoms with van der Waals surface area (Å²) >= 11 is 0. The Labute approximate surface area is 218 Å². The molecule has 0 radical (unpaired) electrons. The van der Waals surface area contributed by atoms with Crippen LogP contribution in [-0.4, -0.2) is 38.5 Å². The number of pyridine rings is 1. The number of hydrogen-bond acceptors (Lipinski definition) is 5. The Morgan fingerprint density at radius 1 is 1.00 bits per heavy atom. The van der Waals surface area contributed by atoms with Crippen LogP contribution in [0.2, 0.25) is 18.1 Å². The Bertz CT molecular complexity index is 1150. The lowest BCUT2D eigenvalue weighted by Crippen LogP contribution is -2.43. The number of nitrogens with one attached hydrogen (secondary N) is 1. The van der Waals surface area contributed by atoms with Crippen LogP contribution in [0.5, 0.6) is 11.5 Å². The highest BCUT2D eigenvalue weighted by Crippen LogP contribution is 2.43. The second kappa shape index (κ2) is 11.4. The van der Waals surface area contributed by atoms with E-state index in [1.165, 1.54) is 0 Å². The van der Waals surface area contributed by atoms with Gasteiger partial charge < -0.3 is 23.6 Å². The molecule has 0 fully saturated rings. The normalized spacial score (nSPS) is 12.8. The summed E-state index contributed by atoms with van der Waals surface area (Å²) in [5, 5.41) is 3.55. The van der Waals surface area contributed by atoms with Gasteiger partial charge in [-0.05, 0) is 78.8 Å². The number of methoxy groups -OCH3 is 2. The second-order valence-electron chi connectivity index (χ2n) is 12.0. The average molecular weight is 512 g/mol. The van der Waals surface area contributed by atoms with Gasteiger partial charge in [0, 0.05) is 12.7 Å². The molecule has 0 saturated heterocycles. The molecule has 198 valence electrons. The summed E-state index contributed by atoms with van der Waals surface area (Å²) in [6.07, 6.45) is 4.05. The maximum absolute atomic E-state index is 6.83. The fraction of sp³-hybridized carbons (Fsp3) is 0.552. The first-order chi connectivity index (χ1) is 16.9. The Hall–Kier alpha value is -2.35. The first-order valence-corrected chi connectivity index (χ1v) is 15.8. The van der Waals surface area contributed by atoms with Crippen molar-refractivity contribution in [3.63, 3.8) is 0 Å². The third kappa shape index (κ3) is 6.90. The van der Waals surface area contributed by atoms with E-state index in [4.69, 9.17) is 18.9 Å². The minimum Gasteiger partial charge on any atom is -0.497 e. The highest BCUT2D eigenvalue weighted by molar-refractivity contribution is 6.74. The van der Waals surface area contributed by atoms with Crippen LogP contribution in [0.15, 0.2) is 42.6 Å². The van der Waals surface area contributed by atoms with Gasteiger partial charge in [0.15, 0.2) is 8.32 Å². The topological polar surface area (TPSA) is 57.0 Å². The van der Waals surface area contributed by atoms with Gasteiger partial charge in [-0.15, -0.1) is 0 Å². The lowest BCUT2D eigenvalue weighted by Gasteiger charge is -2.39. The molecule has 0 saturated carbocycles. The van der Waals surface area contributed by atoms with Crippen molar-refractivity contribution in [1.82, 2.24) is 14.7 Å². The van der Waals surface area contributed by atoms with Crippen molar-refractivity contribution in [3.05, 3.63) is 59.5 Å². The van der Waals surface area contributed by atoms with E-state index >= 15 is 0 Å². The van der Waals surface area contributed by atoms with Crippen molar-refractivity contribution in [3.8, 4) is 11.5 Å². The molecule has 2 aromatic heterocycles. The summed E-state index contributed by atoms with van der Waals surface area (Å²) in [5.41, 5.74) is 4.61. The molecule has 3 rings (SSSR count). The highest BCUT2D eigenvalue weighted by atomic mass is 28.4. The number of rotatable bonds is 12. The number of hydrogen-bond donors (Lipinski definition) is 1. The third-order valence-electron chi connectivity index (χ3n) is 7.38. The summed E-state index contributed by atoms with van der Waals surface area (Å²) in [6, 6.07) is 12.2. The Morgan fingerprint density at radius 2 is 1.75 bits per heavy atom. The first kappa shape index (κ1) is 28.2. The molecule has 0 atom stereocenters. The molecule has 0 amide bonds. The molecule has 0 spiro atoms. The van der Waals surface area contributed by atoms with Crippen molar-refractivity contribution < 1.29 is 13.9 Å². The van der Waals surface area contributed by atoms with Crippen LogP contribution in [0, 0.1) is 5.41 Å². The SMILES string of the molecule is COc1ccc(OC)c(CC(C)(C)[Si](C)(C)OCc2c(CNCCC(C)(C)C)nc3ccccn23)c1. The summed E-state index contributed by atoms with van der Waals surface area (Å²) in [4.78, 5) is 4.92. The zero-order valence-electron chi connectivity index (χ0n) is 23.7. The molecule has 6 nitrogen and oxygen atoms in total. The van der Waals surface area contributed by atoms with E-state index in [-0.39, 0.29) is 5.04 Å². The van der Waals surface area contributed by atoms with Gasteiger partial charge in [-0.25, -0.2) is 4.98 Å². The molecule has 1 aromatic carbocycles. The number of fused-ring (bicyclic) bond motifs is 1. The molecule has 36 heavy (non-hydrogen) atoms. The van der Waals surface area contributed by atoms with Gasteiger partial charge in [0.05, 0.1) is 32.2 Å². The predicted octanol–water partition coefficient (Wildman–Crippen LogP) is 6.62. The van der Waals surface area contributed by atoms with Crippen molar-refractivity contribution in [2.75, 3.05) is 20.8 Å². The number of aromatic nitrogens is 2. The number of imidazole rings is 1. The van der Waals surface area contributed by atoms with E-state index in [9.17, 15) is 0 Å². The molecule has 0 bridgehead atoms. The van der Waals surface area contributed by atoms with E-state index in [0.717, 1.165) is 60.0 Å². The van der Waals surface area contributed by atoms with Crippen molar-refractivity contribution in [2.24, 2.45) is 5.41 Å². The van der Waals surface area contributed by atoms with E-state index in [1.807, 2.05) is 18.2 Å². The molecule has 0 aliphatic heterocycles. The monoisotopic (exact) mass is 511 g/mol. The van der Waals surface area contributed by atoms with E-state index in [0.29, 0.717) is 12.0 Å². The Balaban J connectivity index is 1.78. The smallest absolute Gasteiger partial charge is 0.193 e. The quantitative estimate of drug-likeness (QED) is 0.219. The van der Waals surface area contributed by atoms with Gasteiger partial charge in [0.2, 0.25) is 0 Å². The Morgan fingerprint density at radius 3 is 2.42 bits per heavy atom. The molecule has 0 aliphatic carbocycles. The second-order valence-corrected chi connectivity index (χ2v) is 16.6. The van der Waals surface area contributed by atoms with Crippen LogP contribution < -0.4 is 14.8 Å². The zero-order chi connectivity index (χ0) is 26.6.